The van der Waals surface area contributed by atoms with Gasteiger partial charge < -0.3 is 24.4 Å². The van der Waals surface area contributed by atoms with Gasteiger partial charge in [-0.3, -0.25) is 9.48 Å². The van der Waals surface area contributed by atoms with E-state index in [1.54, 1.807) is 18.0 Å². The molecular weight excluding hydrogens is 504 g/mol. The van der Waals surface area contributed by atoms with Crippen molar-refractivity contribution in [2.24, 2.45) is 0 Å². The fourth-order valence-electron chi connectivity index (χ4n) is 5.29. The minimum absolute atomic E-state index is 0.0357. The predicted molar refractivity (Wildman–Crippen MR) is 148 cm³/mol. The molecule has 0 radical (unpaired) electrons. The van der Waals surface area contributed by atoms with Crippen molar-refractivity contribution >= 4 is 34.6 Å². The first kappa shape index (κ1) is 25.3. The van der Waals surface area contributed by atoms with Crippen LogP contribution < -0.4 is 15.6 Å². The number of thiol groups is 1. The second kappa shape index (κ2) is 10.3. The van der Waals surface area contributed by atoms with E-state index in [1.807, 2.05) is 35.0 Å². The summed E-state index contributed by atoms with van der Waals surface area (Å²) in [6.45, 7) is 6.91. The molecule has 0 atom stereocenters. The van der Waals surface area contributed by atoms with E-state index < -0.39 is 5.79 Å². The molecule has 10 nitrogen and oxygen atoms in total. The van der Waals surface area contributed by atoms with Crippen LogP contribution in [-0.2, 0) is 22.6 Å². The minimum Gasteiger partial charge on any atom is -0.480 e. The summed E-state index contributed by atoms with van der Waals surface area (Å²) in [6, 6.07) is 9.80. The molecule has 200 valence electrons. The minimum atomic E-state index is -0.648. The Morgan fingerprint density at radius 1 is 1.05 bits per heavy atom. The van der Waals surface area contributed by atoms with Gasteiger partial charge in [0.25, 0.3) is 5.56 Å². The molecule has 1 N–H and O–H groups in total. The smallest absolute Gasteiger partial charge is 0.276 e. The maximum atomic E-state index is 13.1. The molecule has 0 saturated carbocycles. The number of likely N-dealkylation sites (N-methyl/N-ethyl adjacent to an activating group) is 1. The Bertz CT molecular complexity index is 1540. The maximum Gasteiger partial charge on any atom is 0.276 e. The van der Waals surface area contributed by atoms with Gasteiger partial charge in [0.2, 0.25) is 5.88 Å². The number of hydrogen-bond donors (Lipinski definition) is 2. The molecule has 0 aliphatic carbocycles. The van der Waals surface area contributed by atoms with Gasteiger partial charge in [0, 0.05) is 56.3 Å². The van der Waals surface area contributed by atoms with Crippen LogP contribution in [0.2, 0.25) is 0 Å². The fourth-order valence-corrected chi connectivity index (χ4v) is 5.58. The number of piperazine rings is 1. The van der Waals surface area contributed by atoms with Gasteiger partial charge in [-0.25, -0.2) is 14.6 Å². The molecule has 6 heterocycles. The highest BCUT2D eigenvalue weighted by atomic mass is 32.1. The van der Waals surface area contributed by atoms with E-state index in [9.17, 15) is 4.79 Å². The third-order valence-corrected chi connectivity index (χ3v) is 7.72. The number of nitrogens with zero attached hydrogens (tertiary/aromatic N) is 5. The maximum absolute atomic E-state index is 13.1. The highest BCUT2D eigenvalue weighted by Gasteiger charge is 2.41. The lowest BCUT2D eigenvalue weighted by Crippen LogP contribution is -2.45. The molecular formula is C27H32N6O4S. The molecule has 1 spiro atoms. The van der Waals surface area contributed by atoms with Crippen LogP contribution >= 0.6 is 12.6 Å². The Labute approximate surface area is 225 Å². The largest absolute Gasteiger partial charge is 0.480 e. The van der Waals surface area contributed by atoms with Crippen molar-refractivity contribution in [1.29, 1.82) is 0 Å². The summed E-state index contributed by atoms with van der Waals surface area (Å²) >= 11 is 4.44. The molecule has 4 aromatic rings. The molecule has 38 heavy (non-hydrogen) atoms. The van der Waals surface area contributed by atoms with Gasteiger partial charge in [-0.05, 0) is 36.9 Å². The van der Waals surface area contributed by atoms with Crippen LogP contribution in [0.1, 0.15) is 6.42 Å². The number of methoxy groups -OCH3 is 1. The quantitative estimate of drug-likeness (QED) is 0.377. The lowest BCUT2D eigenvalue weighted by atomic mass is 10.0. The molecule has 3 aliphatic rings. The van der Waals surface area contributed by atoms with Gasteiger partial charge in [0.1, 0.15) is 0 Å². The Balaban J connectivity index is 0.000000330. The van der Waals surface area contributed by atoms with Crippen LogP contribution in [0.25, 0.3) is 33.1 Å². The number of rotatable bonds is 2. The van der Waals surface area contributed by atoms with E-state index >= 15 is 0 Å². The number of pyridine rings is 2. The van der Waals surface area contributed by atoms with E-state index in [2.05, 4.69) is 34.9 Å². The normalized spacial score (nSPS) is 18.9. The second-order valence-electron chi connectivity index (χ2n) is 9.92. The summed E-state index contributed by atoms with van der Waals surface area (Å²) in [4.78, 5) is 25.2. The van der Waals surface area contributed by atoms with Crippen molar-refractivity contribution in [2.45, 2.75) is 30.2 Å². The molecule has 3 aliphatic heterocycles. The molecule has 3 aromatic heterocycles. The van der Waals surface area contributed by atoms with Crippen LogP contribution in [0.5, 0.6) is 5.88 Å². The molecule has 7 rings (SSSR count). The monoisotopic (exact) mass is 536 g/mol. The van der Waals surface area contributed by atoms with Crippen LogP contribution in [0.4, 0.5) is 0 Å². The number of aromatic nitrogens is 4. The van der Waals surface area contributed by atoms with Crippen molar-refractivity contribution in [3.63, 3.8) is 0 Å². The SMILES string of the molecule is CN1CCNCC1.COc1ncc(-c2ccc3nc4c(cc3c2)c(=O)n2n4CC3(CC2)OCCO3)cc1S. The Kier molecular flexibility index (Phi) is 6.87. The highest BCUT2D eigenvalue weighted by molar-refractivity contribution is 7.80. The number of fused-ring (bicyclic) bond motifs is 4. The predicted octanol–water partition coefficient (Wildman–Crippen LogP) is 2.38. The number of hydrogen-bond acceptors (Lipinski definition) is 9. The first-order chi connectivity index (χ1) is 18.5. The summed E-state index contributed by atoms with van der Waals surface area (Å²) in [5.74, 6) is -0.165. The molecule has 2 fully saturated rings. The van der Waals surface area contributed by atoms with E-state index in [0.717, 1.165) is 35.1 Å². The van der Waals surface area contributed by atoms with Gasteiger partial charge in [-0.1, -0.05) is 6.07 Å². The third-order valence-electron chi connectivity index (χ3n) is 7.40. The third kappa shape index (κ3) is 4.69. The average molecular weight is 537 g/mol. The zero-order chi connectivity index (χ0) is 26.3. The van der Waals surface area contributed by atoms with Crippen molar-refractivity contribution in [3.05, 3.63) is 46.9 Å². The van der Waals surface area contributed by atoms with E-state index in [-0.39, 0.29) is 5.56 Å². The van der Waals surface area contributed by atoms with Crippen LogP contribution in [0, 0.1) is 0 Å². The lowest BCUT2D eigenvalue weighted by Gasteiger charge is -2.33. The summed E-state index contributed by atoms with van der Waals surface area (Å²) in [5, 5.41) is 4.77. The van der Waals surface area contributed by atoms with Crippen molar-refractivity contribution < 1.29 is 14.2 Å². The number of ether oxygens (including phenoxy) is 3. The second-order valence-corrected chi connectivity index (χ2v) is 10.4. The van der Waals surface area contributed by atoms with E-state index in [0.29, 0.717) is 54.5 Å². The van der Waals surface area contributed by atoms with Crippen molar-refractivity contribution in [1.82, 2.24) is 29.5 Å². The fraction of sp³-hybridized carbons (Fsp3) is 0.444. The zero-order valence-electron chi connectivity index (χ0n) is 21.6. The van der Waals surface area contributed by atoms with Gasteiger partial charge in [0.05, 0.1) is 42.7 Å². The zero-order valence-corrected chi connectivity index (χ0v) is 22.5. The summed E-state index contributed by atoms with van der Waals surface area (Å²) in [6.07, 6.45) is 2.40. The molecule has 2 saturated heterocycles. The Morgan fingerprint density at radius 3 is 2.53 bits per heavy atom. The van der Waals surface area contributed by atoms with E-state index in [1.165, 1.54) is 13.1 Å². The molecule has 11 heteroatoms. The number of benzene rings is 1. The van der Waals surface area contributed by atoms with Crippen LogP contribution in [0.15, 0.2) is 46.2 Å². The molecule has 0 unspecified atom stereocenters. The summed E-state index contributed by atoms with van der Waals surface area (Å²) < 4.78 is 20.6. The van der Waals surface area contributed by atoms with Gasteiger partial charge in [-0.2, -0.15) is 0 Å². The first-order valence-electron chi connectivity index (χ1n) is 12.9. The van der Waals surface area contributed by atoms with Crippen LogP contribution in [0.3, 0.4) is 0 Å². The molecule has 0 bridgehead atoms. The number of nitrogens with one attached hydrogen (secondary N) is 1. The highest BCUT2D eigenvalue weighted by Crippen LogP contribution is 2.32. The van der Waals surface area contributed by atoms with E-state index in [4.69, 9.17) is 19.2 Å². The molecule has 0 amide bonds. The average Bonchev–Trinajstić information content (AvgIpc) is 3.49. The van der Waals surface area contributed by atoms with Gasteiger partial charge in [-0.15, -0.1) is 12.6 Å². The van der Waals surface area contributed by atoms with Gasteiger partial charge in [0.15, 0.2) is 11.4 Å². The van der Waals surface area contributed by atoms with Crippen molar-refractivity contribution in [2.75, 3.05) is 53.6 Å². The topological polar surface area (TPSA) is 95.7 Å². The van der Waals surface area contributed by atoms with Crippen molar-refractivity contribution in [3.8, 4) is 17.0 Å². The summed E-state index contributed by atoms with van der Waals surface area (Å²) in [5.41, 5.74) is 3.32. The Hall–Kier alpha value is -2.96. The standard InChI is InChI=1S/C22H20N4O4S.C5H12N2/c1-28-20-18(31)10-15(11-23-20)13-2-3-17-14(8-13)9-16-19(24-17)26-12-22(29-6-7-30-22)4-5-25(26)21(16)27;1-7-4-2-6-3-5-7/h2-3,8-11,31H,4-7,12H2,1H3;6H,2-5H2,1H3. The lowest BCUT2D eigenvalue weighted by molar-refractivity contribution is -0.187. The van der Waals surface area contributed by atoms with Gasteiger partial charge >= 0.3 is 0 Å². The summed E-state index contributed by atoms with van der Waals surface area (Å²) in [7, 11) is 3.72. The first-order valence-corrected chi connectivity index (χ1v) is 13.4. The van der Waals surface area contributed by atoms with Crippen LogP contribution in [-0.4, -0.2) is 83.6 Å². The molecule has 1 aromatic carbocycles. The Morgan fingerprint density at radius 2 is 1.84 bits per heavy atom.